The summed E-state index contributed by atoms with van der Waals surface area (Å²) in [7, 11) is 1.95. The van der Waals surface area contributed by atoms with Gasteiger partial charge in [0.15, 0.2) is 5.69 Å². The number of piperidine rings is 1. The lowest BCUT2D eigenvalue weighted by molar-refractivity contribution is 0.0691. The molecule has 0 aliphatic carbocycles. The van der Waals surface area contributed by atoms with Crippen LogP contribution in [0.4, 0.5) is 0 Å². The van der Waals surface area contributed by atoms with Crippen molar-refractivity contribution in [2.75, 3.05) is 20.1 Å². The van der Waals surface area contributed by atoms with Gasteiger partial charge in [0.05, 0.1) is 5.69 Å². The molecule has 6 heteroatoms. The average molecular weight is 363 g/mol. The average Bonchev–Trinajstić information content (AvgIpc) is 3.04. The van der Waals surface area contributed by atoms with Crippen LogP contribution in [0.15, 0.2) is 41.0 Å². The summed E-state index contributed by atoms with van der Waals surface area (Å²) in [6, 6.07) is 10.0. The second kappa shape index (κ2) is 6.62. The van der Waals surface area contributed by atoms with Crippen LogP contribution in [0.3, 0.4) is 0 Å². The summed E-state index contributed by atoms with van der Waals surface area (Å²) >= 11 is 3.45. The summed E-state index contributed by atoms with van der Waals surface area (Å²) < 4.78 is 2.72. The van der Waals surface area contributed by atoms with Crippen LogP contribution in [0.1, 0.15) is 23.3 Å². The lowest BCUT2D eigenvalue weighted by Crippen LogP contribution is -2.47. The summed E-state index contributed by atoms with van der Waals surface area (Å²) in [4.78, 5) is 14.5. The SMILES string of the molecule is CNC1CCCN(C(=O)c2ccn(-c3cccc(Br)c3)n2)C1. The molecule has 0 saturated carbocycles. The molecule has 1 aliphatic rings. The Morgan fingerprint density at radius 2 is 2.27 bits per heavy atom. The zero-order valence-corrected chi connectivity index (χ0v) is 14.1. The highest BCUT2D eigenvalue weighted by Gasteiger charge is 2.24. The second-order valence-electron chi connectivity index (χ2n) is 5.50. The molecule has 0 spiro atoms. The molecule has 116 valence electrons. The maximum atomic E-state index is 12.6. The fraction of sp³-hybridized carbons (Fsp3) is 0.375. The first-order chi connectivity index (χ1) is 10.7. The van der Waals surface area contributed by atoms with E-state index in [-0.39, 0.29) is 5.91 Å². The quantitative estimate of drug-likeness (QED) is 0.912. The molecule has 3 rings (SSSR count). The molecule has 1 aromatic heterocycles. The van der Waals surface area contributed by atoms with Crippen LogP contribution in [-0.4, -0.2) is 46.8 Å². The Labute approximate surface area is 138 Å². The van der Waals surface area contributed by atoms with Crippen LogP contribution < -0.4 is 5.32 Å². The molecule has 1 N–H and O–H groups in total. The van der Waals surface area contributed by atoms with Crippen LogP contribution in [0.5, 0.6) is 0 Å². The highest BCUT2D eigenvalue weighted by Crippen LogP contribution is 2.17. The summed E-state index contributed by atoms with van der Waals surface area (Å²) in [5.41, 5.74) is 1.43. The lowest BCUT2D eigenvalue weighted by atomic mass is 10.1. The second-order valence-corrected chi connectivity index (χ2v) is 6.42. The molecule has 1 saturated heterocycles. The van der Waals surface area contributed by atoms with Gasteiger partial charge in [-0.2, -0.15) is 5.10 Å². The smallest absolute Gasteiger partial charge is 0.274 e. The van der Waals surface area contributed by atoms with Crippen molar-refractivity contribution in [3.8, 4) is 5.69 Å². The van der Waals surface area contributed by atoms with Crippen molar-refractivity contribution in [3.05, 3.63) is 46.7 Å². The Bertz CT molecular complexity index is 670. The summed E-state index contributed by atoms with van der Waals surface area (Å²) in [5.74, 6) is 0.00805. The normalized spacial score (nSPS) is 18.5. The minimum absolute atomic E-state index is 0.00805. The third kappa shape index (κ3) is 3.23. The number of nitrogens with zero attached hydrogens (tertiary/aromatic N) is 3. The molecule has 1 aliphatic heterocycles. The van der Waals surface area contributed by atoms with E-state index in [4.69, 9.17) is 0 Å². The van der Waals surface area contributed by atoms with Gasteiger partial charge < -0.3 is 10.2 Å². The van der Waals surface area contributed by atoms with E-state index < -0.39 is 0 Å². The van der Waals surface area contributed by atoms with Crippen molar-refractivity contribution < 1.29 is 4.79 Å². The number of likely N-dealkylation sites (tertiary alicyclic amines) is 1. The Morgan fingerprint density at radius 1 is 1.41 bits per heavy atom. The maximum absolute atomic E-state index is 12.6. The first kappa shape index (κ1) is 15.2. The Kier molecular flexibility index (Phi) is 4.59. The lowest BCUT2D eigenvalue weighted by Gasteiger charge is -2.32. The van der Waals surface area contributed by atoms with Gasteiger partial charge in [-0.05, 0) is 44.2 Å². The minimum atomic E-state index is 0.00805. The van der Waals surface area contributed by atoms with Crippen molar-refractivity contribution in [1.82, 2.24) is 20.0 Å². The molecule has 2 heterocycles. The number of likely N-dealkylation sites (N-methyl/N-ethyl adjacent to an activating group) is 1. The third-order valence-corrected chi connectivity index (χ3v) is 4.49. The van der Waals surface area contributed by atoms with Gasteiger partial charge in [-0.15, -0.1) is 0 Å². The van der Waals surface area contributed by atoms with E-state index >= 15 is 0 Å². The van der Waals surface area contributed by atoms with E-state index in [1.54, 1.807) is 10.7 Å². The van der Waals surface area contributed by atoms with Gasteiger partial charge in [0.2, 0.25) is 0 Å². The van der Waals surface area contributed by atoms with E-state index in [9.17, 15) is 4.79 Å². The van der Waals surface area contributed by atoms with Gasteiger partial charge in [-0.3, -0.25) is 4.79 Å². The van der Waals surface area contributed by atoms with Crippen molar-refractivity contribution >= 4 is 21.8 Å². The molecule has 1 fully saturated rings. The Morgan fingerprint density at radius 3 is 3.05 bits per heavy atom. The minimum Gasteiger partial charge on any atom is -0.336 e. The number of carbonyl (C=O) groups excluding carboxylic acids is 1. The van der Waals surface area contributed by atoms with Crippen molar-refractivity contribution in [1.29, 1.82) is 0 Å². The van der Waals surface area contributed by atoms with Crippen molar-refractivity contribution in [2.24, 2.45) is 0 Å². The highest BCUT2D eigenvalue weighted by atomic mass is 79.9. The van der Waals surface area contributed by atoms with Gasteiger partial charge in [-0.1, -0.05) is 22.0 Å². The van der Waals surface area contributed by atoms with Gasteiger partial charge in [0, 0.05) is 29.8 Å². The molecule has 5 nitrogen and oxygen atoms in total. The zero-order chi connectivity index (χ0) is 15.5. The van der Waals surface area contributed by atoms with Gasteiger partial charge in [-0.25, -0.2) is 4.68 Å². The number of hydrogen-bond donors (Lipinski definition) is 1. The third-order valence-electron chi connectivity index (χ3n) is 4.00. The van der Waals surface area contributed by atoms with Crippen LogP contribution >= 0.6 is 15.9 Å². The fourth-order valence-electron chi connectivity index (χ4n) is 2.76. The Balaban J connectivity index is 1.77. The molecule has 1 aromatic carbocycles. The van der Waals surface area contributed by atoms with Crippen LogP contribution in [0.2, 0.25) is 0 Å². The van der Waals surface area contributed by atoms with E-state index in [2.05, 4.69) is 26.3 Å². The molecule has 2 aromatic rings. The molecular formula is C16H19BrN4O. The summed E-state index contributed by atoms with van der Waals surface area (Å²) in [6.07, 6.45) is 3.98. The summed E-state index contributed by atoms with van der Waals surface area (Å²) in [5, 5.41) is 7.68. The molecular weight excluding hydrogens is 344 g/mol. The standard InChI is InChI=1S/C16H19BrN4O/c1-18-13-5-3-8-20(11-13)16(22)15-7-9-21(19-15)14-6-2-4-12(17)10-14/h2,4,6-7,9-10,13,18H,3,5,8,11H2,1H3. The molecule has 22 heavy (non-hydrogen) atoms. The first-order valence-electron chi connectivity index (χ1n) is 7.45. The molecule has 1 amide bonds. The molecule has 0 bridgehead atoms. The molecule has 0 radical (unpaired) electrons. The number of nitrogens with one attached hydrogen (secondary N) is 1. The number of halogens is 1. The van der Waals surface area contributed by atoms with Gasteiger partial charge >= 0.3 is 0 Å². The van der Waals surface area contributed by atoms with E-state index in [0.717, 1.165) is 36.1 Å². The van der Waals surface area contributed by atoms with E-state index in [1.807, 2.05) is 42.4 Å². The predicted octanol–water partition coefficient (Wildman–Crippen LogP) is 2.46. The number of aromatic nitrogens is 2. The molecule has 1 unspecified atom stereocenters. The van der Waals surface area contributed by atoms with E-state index in [0.29, 0.717) is 11.7 Å². The maximum Gasteiger partial charge on any atom is 0.274 e. The number of carbonyl (C=O) groups is 1. The van der Waals surface area contributed by atoms with Crippen LogP contribution in [0.25, 0.3) is 5.69 Å². The zero-order valence-electron chi connectivity index (χ0n) is 12.5. The highest BCUT2D eigenvalue weighted by molar-refractivity contribution is 9.10. The van der Waals surface area contributed by atoms with Crippen LogP contribution in [0, 0.1) is 0 Å². The van der Waals surface area contributed by atoms with Crippen LogP contribution in [-0.2, 0) is 0 Å². The van der Waals surface area contributed by atoms with Gasteiger partial charge in [0.1, 0.15) is 0 Å². The number of rotatable bonds is 3. The number of benzene rings is 1. The van der Waals surface area contributed by atoms with Gasteiger partial charge in [0.25, 0.3) is 5.91 Å². The van der Waals surface area contributed by atoms with Crippen molar-refractivity contribution in [2.45, 2.75) is 18.9 Å². The summed E-state index contributed by atoms with van der Waals surface area (Å²) in [6.45, 7) is 1.56. The fourth-order valence-corrected chi connectivity index (χ4v) is 3.15. The first-order valence-corrected chi connectivity index (χ1v) is 8.25. The molecule has 1 atom stereocenters. The largest absolute Gasteiger partial charge is 0.336 e. The number of amides is 1. The predicted molar refractivity (Wildman–Crippen MR) is 89.2 cm³/mol. The number of hydrogen-bond acceptors (Lipinski definition) is 3. The Hall–Kier alpha value is -1.66. The monoisotopic (exact) mass is 362 g/mol. The van der Waals surface area contributed by atoms with E-state index in [1.165, 1.54) is 0 Å². The van der Waals surface area contributed by atoms with Crippen molar-refractivity contribution in [3.63, 3.8) is 0 Å². The topological polar surface area (TPSA) is 50.2 Å².